The van der Waals surface area contributed by atoms with Gasteiger partial charge in [-0.15, -0.1) is 10.2 Å². The van der Waals surface area contributed by atoms with Crippen LogP contribution in [0.4, 0.5) is 10.1 Å². The highest BCUT2D eigenvalue weighted by Crippen LogP contribution is 2.29. The summed E-state index contributed by atoms with van der Waals surface area (Å²) in [6, 6.07) is 20.7. The number of anilines is 1. The van der Waals surface area contributed by atoms with Crippen LogP contribution in [0.15, 0.2) is 78.0 Å². The quantitative estimate of drug-likeness (QED) is 0.385. The van der Waals surface area contributed by atoms with E-state index in [-0.39, 0.29) is 17.6 Å². The lowest BCUT2D eigenvalue weighted by Crippen LogP contribution is -2.18. The number of carbonyl (C=O) groups is 2. The highest BCUT2D eigenvalue weighted by molar-refractivity contribution is 7.99. The lowest BCUT2D eigenvalue weighted by Gasteiger charge is -2.11. The summed E-state index contributed by atoms with van der Waals surface area (Å²) in [5.41, 5.74) is 3.25. The Morgan fingerprint density at radius 2 is 1.68 bits per heavy atom. The molecule has 0 aliphatic carbocycles. The van der Waals surface area contributed by atoms with Gasteiger partial charge in [0.15, 0.2) is 11.0 Å². The molecule has 34 heavy (non-hydrogen) atoms. The summed E-state index contributed by atoms with van der Waals surface area (Å²) >= 11 is 1.20. The molecule has 3 aromatic carbocycles. The zero-order valence-electron chi connectivity index (χ0n) is 18.6. The molecule has 0 atom stereocenters. The SMILES string of the molecule is CNC(=O)c1ccc(NC(=O)CSc2nnc(-c3ccccc3F)n2-c2ccc(C)cc2)cc1. The lowest BCUT2D eigenvalue weighted by molar-refractivity contribution is -0.113. The zero-order chi connectivity index (χ0) is 24.1. The van der Waals surface area contributed by atoms with Gasteiger partial charge in [-0.25, -0.2) is 4.39 Å². The third-order valence-corrected chi connectivity index (χ3v) is 5.96. The number of nitrogens with one attached hydrogen (secondary N) is 2. The van der Waals surface area contributed by atoms with Gasteiger partial charge in [-0.05, 0) is 55.5 Å². The van der Waals surface area contributed by atoms with Crippen LogP contribution >= 0.6 is 11.8 Å². The van der Waals surface area contributed by atoms with E-state index in [9.17, 15) is 14.0 Å². The van der Waals surface area contributed by atoms with E-state index in [2.05, 4.69) is 20.8 Å². The molecule has 1 aromatic heterocycles. The van der Waals surface area contributed by atoms with Gasteiger partial charge in [0.1, 0.15) is 5.82 Å². The second-order valence-electron chi connectivity index (χ2n) is 7.45. The van der Waals surface area contributed by atoms with Gasteiger partial charge in [0, 0.05) is 24.0 Å². The smallest absolute Gasteiger partial charge is 0.251 e. The highest BCUT2D eigenvalue weighted by atomic mass is 32.2. The minimum atomic E-state index is -0.405. The minimum Gasteiger partial charge on any atom is -0.355 e. The first kappa shape index (κ1) is 23.2. The Balaban J connectivity index is 1.55. The van der Waals surface area contributed by atoms with Gasteiger partial charge in [-0.1, -0.05) is 41.6 Å². The van der Waals surface area contributed by atoms with Crippen molar-refractivity contribution in [1.82, 2.24) is 20.1 Å². The Bertz CT molecular complexity index is 1320. The highest BCUT2D eigenvalue weighted by Gasteiger charge is 2.19. The number of rotatable bonds is 7. The van der Waals surface area contributed by atoms with E-state index >= 15 is 0 Å². The molecule has 0 aliphatic rings. The van der Waals surface area contributed by atoms with Gasteiger partial charge in [0.05, 0.1) is 11.3 Å². The van der Waals surface area contributed by atoms with Crippen molar-refractivity contribution in [2.24, 2.45) is 0 Å². The summed E-state index contributed by atoms with van der Waals surface area (Å²) < 4.78 is 16.3. The fraction of sp³-hybridized carbons (Fsp3) is 0.120. The van der Waals surface area contributed by atoms with Gasteiger partial charge in [-0.3, -0.25) is 14.2 Å². The van der Waals surface area contributed by atoms with E-state index in [1.807, 2.05) is 31.2 Å². The molecule has 0 radical (unpaired) electrons. The standard InChI is InChI=1S/C25H22FN5O2S/c1-16-7-13-19(14-8-16)31-23(20-5-3-4-6-21(20)26)29-30-25(31)34-15-22(32)28-18-11-9-17(10-12-18)24(33)27-2/h3-14H,15H2,1-2H3,(H,27,33)(H,28,32). The Morgan fingerprint density at radius 3 is 2.35 bits per heavy atom. The van der Waals surface area contributed by atoms with Crippen LogP contribution in [0.3, 0.4) is 0 Å². The van der Waals surface area contributed by atoms with Gasteiger partial charge in [0.2, 0.25) is 5.91 Å². The third kappa shape index (κ3) is 5.15. The molecule has 0 unspecified atom stereocenters. The van der Waals surface area contributed by atoms with E-state index in [0.29, 0.717) is 27.8 Å². The zero-order valence-corrected chi connectivity index (χ0v) is 19.4. The molecule has 2 amide bonds. The first-order chi connectivity index (χ1) is 16.5. The van der Waals surface area contributed by atoms with E-state index < -0.39 is 5.82 Å². The van der Waals surface area contributed by atoms with Crippen molar-refractivity contribution in [3.05, 3.63) is 89.7 Å². The second kappa shape index (κ2) is 10.3. The first-order valence-electron chi connectivity index (χ1n) is 10.5. The Morgan fingerprint density at radius 1 is 0.971 bits per heavy atom. The maximum atomic E-state index is 14.5. The van der Waals surface area contributed by atoms with Crippen molar-refractivity contribution < 1.29 is 14.0 Å². The summed E-state index contributed by atoms with van der Waals surface area (Å²) in [7, 11) is 1.56. The largest absolute Gasteiger partial charge is 0.355 e. The number of thioether (sulfide) groups is 1. The molecular formula is C25H22FN5O2S. The second-order valence-corrected chi connectivity index (χ2v) is 8.39. The van der Waals surface area contributed by atoms with Crippen LogP contribution in [0.2, 0.25) is 0 Å². The van der Waals surface area contributed by atoms with E-state index in [4.69, 9.17) is 0 Å². The molecule has 0 saturated heterocycles. The Hall–Kier alpha value is -3.98. The summed E-state index contributed by atoms with van der Waals surface area (Å²) in [5.74, 6) is -0.427. The minimum absolute atomic E-state index is 0.0679. The average molecular weight is 476 g/mol. The fourth-order valence-electron chi connectivity index (χ4n) is 3.28. The normalized spacial score (nSPS) is 10.7. The van der Waals surface area contributed by atoms with Crippen molar-refractivity contribution in [1.29, 1.82) is 0 Å². The number of amides is 2. The van der Waals surface area contributed by atoms with Crippen LogP contribution in [0.1, 0.15) is 15.9 Å². The van der Waals surface area contributed by atoms with Crippen LogP contribution in [0, 0.1) is 12.7 Å². The molecule has 1 heterocycles. The fourth-order valence-corrected chi connectivity index (χ4v) is 4.04. The Kier molecular flexibility index (Phi) is 7.03. The number of halogens is 1. The Labute approximate surface area is 200 Å². The topological polar surface area (TPSA) is 88.9 Å². The summed E-state index contributed by atoms with van der Waals surface area (Å²) in [6.45, 7) is 1.98. The number of nitrogens with zero attached hydrogens (tertiary/aromatic N) is 3. The van der Waals surface area contributed by atoms with Crippen LogP contribution < -0.4 is 10.6 Å². The average Bonchev–Trinajstić information content (AvgIpc) is 3.27. The van der Waals surface area contributed by atoms with Gasteiger partial charge in [0.25, 0.3) is 5.91 Å². The summed E-state index contributed by atoms with van der Waals surface area (Å²) in [5, 5.41) is 14.3. The monoisotopic (exact) mass is 475 g/mol. The lowest BCUT2D eigenvalue weighted by atomic mass is 10.2. The van der Waals surface area contributed by atoms with E-state index in [1.54, 1.807) is 54.1 Å². The molecule has 7 nitrogen and oxygen atoms in total. The maximum Gasteiger partial charge on any atom is 0.251 e. The van der Waals surface area contributed by atoms with Crippen LogP contribution in [0.25, 0.3) is 17.1 Å². The first-order valence-corrected chi connectivity index (χ1v) is 11.5. The molecular weight excluding hydrogens is 453 g/mol. The molecule has 4 aromatic rings. The predicted molar refractivity (Wildman–Crippen MR) is 131 cm³/mol. The van der Waals surface area contributed by atoms with Gasteiger partial charge < -0.3 is 10.6 Å². The van der Waals surface area contributed by atoms with Crippen molar-refractivity contribution in [2.75, 3.05) is 18.1 Å². The maximum absolute atomic E-state index is 14.5. The predicted octanol–water partition coefficient (Wildman–Crippen LogP) is 4.47. The summed E-state index contributed by atoms with van der Waals surface area (Å²) in [6.07, 6.45) is 0. The number of hydrogen-bond acceptors (Lipinski definition) is 5. The number of aromatic nitrogens is 3. The van der Waals surface area contributed by atoms with E-state index in [0.717, 1.165) is 11.3 Å². The molecule has 0 saturated carbocycles. The van der Waals surface area contributed by atoms with Crippen LogP contribution in [-0.4, -0.2) is 39.4 Å². The molecule has 4 rings (SSSR count). The molecule has 0 fully saturated rings. The molecule has 0 bridgehead atoms. The number of hydrogen-bond donors (Lipinski definition) is 2. The van der Waals surface area contributed by atoms with Crippen molar-refractivity contribution in [3.8, 4) is 17.1 Å². The number of aryl methyl sites for hydroxylation is 1. The summed E-state index contributed by atoms with van der Waals surface area (Å²) in [4.78, 5) is 24.2. The third-order valence-electron chi connectivity index (χ3n) is 5.03. The van der Waals surface area contributed by atoms with Crippen molar-refractivity contribution in [2.45, 2.75) is 12.1 Å². The molecule has 0 spiro atoms. The molecule has 0 aliphatic heterocycles. The molecule has 172 valence electrons. The molecule has 9 heteroatoms. The van der Waals surface area contributed by atoms with Crippen molar-refractivity contribution in [3.63, 3.8) is 0 Å². The number of carbonyl (C=O) groups excluding carboxylic acids is 2. The van der Waals surface area contributed by atoms with Crippen LogP contribution in [-0.2, 0) is 4.79 Å². The van der Waals surface area contributed by atoms with Gasteiger partial charge >= 0.3 is 0 Å². The molecule has 2 N–H and O–H groups in total. The van der Waals surface area contributed by atoms with E-state index in [1.165, 1.54) is 17.8 Å². The van der Waals surface area contributed by atoms with Crippen molar-refractivity contribution >= 4 is 29.3 Å². The van der Waals surface area contributed by atoms with Crippen LogP contribution in [0.5, 0.6) is 0 Å². The van der Waals surface area contributed by atoms with Gasteiger partial charge in [-0.2, -0.15) is 0 Å². The number of benzene rings is 3.